The van der Waals surface area contributed by atoms with E-state index in [0.717, 1.165) is 11.3 Å². The van der Waals surface area contributed by atoms with Gasteiger partial charge in [0.05, 0.1) is 18.1 Å². The number of nitriles is 1. The van der Waals surface area contributed by atoms with Gasteiger partial charge in [0, 0.05) is 24.2 Å². The fraction of sp³-hybridized carbons (Fsp3) is 0.188. The van der Waals surface area contributed by atoms with Crippen molar-refractivity contribution in [1.82, 2.24) is 5.32 Å². The summed E-state index contributed by atoms with van der Waals surface area (Å²) in [7, 11) is 1.59. The normalized spacial score (nSPS) is 11.5. The maximum atomic E-state index is 10.6. The van der Waals surface area contributed by atoms with Gasteiger partial charge in [-0.15, -0.1) is 0 Å². The van der Waals surface area contributed by atoms with Gasteiger partial charge >= 0.3 is 0 Å². The van der Waals surface area contributed by atoms with Gasteiger partial charge in [0.15, 0.2) is 0 Å². The van der Waals surface area contributed by atoms with Gasteiger partial charge in [-0.1, -0.05) is 18.2 Å². The Morgan fingerprint density at radius 3 is 2.55 bits per heavy atom. The molecule has 22 heavy (non-hydrogen) atoms. The number of non-ortho nitro benzene ring substituents is 1. The van der Waals surface area contributed by atoms with E-state index in [1.54, 1.807) is 19.2 Å². The van der Waals surface area contributed by atoms with Crippen LogP contribution in [0.15, 0.2) is 48.5 Å². The average Bonchev–Trinajstić information content (AvgIpc) is 2.56. The molecule has 1 N–H and O–H groups in total. The number of rotatable bonds is 6. The van der Waals surface area contributed by atoms with Gasteiger partial charge in [-0.25, -0.2) is 0 Å². The van der Waals surface area contributed by atoms with Gasteiger partial charge in [-0.05, 0) is 23.8 Å². The molecule has 1 atom stereocenters. The van der Waals surface area contributed by atoms with E-state index in [9.17, 15) is 15.4 Å². The van der Waals surface area contributed by atoms with E-state index in [1.165, 1.54) is 12.1 Å². The topological polar surface area (TPSA) is 88.2 Å². The van der Waals surface area contributed by atoms with Crippen molar-refractivity contribution in [1.29, 1.82) is 5.26 Å². The van der Waals surface area contributed by atoms with Crippen molar-refractivity contribution in [2.75, 3.05) is 7.11 Å². The highest BCUT2D eigenvalue weighted by Gasteiger charge is 2.13. The number of benzene rings is 2. The molecule has 0 amide bonds. The second-order valence-electron chi connectivity index (χ2n) is 4.60. The van der Waals surface area contributed by atoms with Crippen molar-refractivity contribution >= 4 is 5.69 Å². The molecule has 112 valence electrons. The number of para-hydroxylation sites is 1. The van der Waals surface area contributed by atoms with Gasteiger partial charge < -0.3 is 4.74 Å². The predicted molar refractivity (Wildman–Crippen MR) is 81.3 cm³/mol. The van der Waals surface area contributed by atoms with Crippen LogP contribution in [0.2, 0.25) is 0 Å². The van der Waals surface area contributed by atoms with E-state index < -0.39 is 11.0 Å². The number of hydrogen-bond donors (Lipinski definition) is 1. The van der Waals surface area contributed by atoms with Crippen LogP contribution in [0.5, 0.6) is 5.75 Å². The summed E-state index contributed by atoms with van der Waals surface area (Å²) in [6, 6.07) is 15.1. The first-order valence-electron chi connectivity index (χ1n) is 6.65. The van der Waals surface area contributed by atoms with E-state index in [-0.39, 0.29) is 5.69 Å². The van der Waals surface area contributed by atoms with Gasteiger partial charge in [-0.2, -0.15) is 5.26 Å². The number of hydrogen-bond acceptors (Lipinski definition) is 5. The largest absolute Gasteiger partial charge is 0.496 e. The van der Waals surface area contributed by atoms with Crippen LogP contribution < -0.4 is 10.1 Å². The van der Waals surface area contributed by atoms with Crippen LogP contribution in [0.3, 0.4) is 0 Å². The van der Waals surface area contributed by atoms with Crippen molar-refractivity contribution in [2.24, 2.45) is 0 Å². The molecule has 0 fully saturated rings. The Kier molecular flexibility index (Phi) is 5.07. The zero-order valence-electron chi connectivity index (χ0n) is 12.0. The minimum Gasteiger partial charge on any atom is -0.496 e. The van der Waals surface area contributed by atoms with Crippen LogP contribution in [0, 0.1) is 21.4 Å². The number of nitro benzene ring substituents is 1. The van der Waals surface area contributed by atoms with Crippen LogP contribution in [0.25, 0.3) is 0 Å². The molecule has 6 heteroatoms. The molecule has 1 unspecified atom stereocenters. The number of nitro groups is 1. The third-order valence-corrected chi connectivity index (χ3v) is 3.26. The maximum absolute atomic E-state index is 10.6. The van der Waals surface area contributed by atoms with Crippen LogP contribution in [0.1, 0.15) is 17.2 Å². The van der Waals surface area contributed by atoms with Crippen molar-refractivity contribution < 1.29 is 9.66 Å². The minimum atomic E-state index is -0.550. The molecule has 0 saturated carbocycles. The molecular weight excluding hydrogens is 282 g/mol. The summed E-state index contributed by atoms with van der Waals surface area (Å²) in [6.07, 6.45) is 0. The first-order valence-corrected chi connectivity index (χ1v) is 6.65. The Labute approximate surface area is 128 Å². The second kappa shape index (κ2) is 7.20. The fourth-order valence-corrected chi connectivity index (χ4v) is 2.09. The van der Waals surface area contributed by atoms with Crippen LogP contribution in [-0.4, -0.2) is 12.0 Å². The average molecular weight is 297 g/mol. The highest BCUT2D eigenvalue weighted by atomic mass is 16.6. The molecule has 0 aliphatic rings. The van der Waals surface area contributed by atoms with Crippen LogP contribution in [-0.2, 0) is 6.54 Å². The molecule has 2 aromatic rings. The van der Waals surface area contributed by atoms with Crippen LogP contribution in [0.4, 0.5) is 5.69 Å². The molecule has 0 spiro atoms. The van der Waals surface area contributed by atoms with Gasteiger partial charge in [0.25, 0.3) is 5.69 Å². The van der Waals surface area contributed by atoms with E-state index in [4.69, 9.17) is 4.74 Å². The van der Waals surface area contributed by atoms with Gasteiger partial charge in [0.1, 0.15) is 11.8 Å². The second-order valence-corrected chi connectivity index (χ2v) is 4.60. The molecule has 0 aliphatic heterocycles. The number of nitrogens with one attached hydrogen (secondary N) is 1. The molecule has 2 rings (SSSR count). The summed E-state index contributed by atoms with van der Waals surface area (Å²) in [6.45, 7) is 0.458. The Bertz CT molecular complexity index is 693. The highest BCUT2D eigenvalue weighted by Crippen LogP contribution is 2.20. The maximum Gasteiger partial charge on any atom is 0.269 e. The molecular formula is C16H15N3O3. The lowest BCUT2D eigenvalue weighted by Crippen LogP contribution is -2.19. The number of ether oxygens (including phenoxy) is 1. The molecule has 0 bridgehead atoms. The number of nitrogens with zero attached hydrogens (tertiary/aromatic N) is 2. The standard InChI is InChI=1S/C16H15N3O3/c1-22-16-5-3-2-4-13(16)11-18-15(10-17)12-6-8-14(9-7-12)19(20)21/h2-9,15,18H,11H2,1H3. The highest BCUT2D eigenvalue weighted by molar-refractivity contribution is 5.37. The molecule has 0 saturated heterocycles. The lowest BCUT2D eigenvalue weighted by atomic mass is 10.1. The summed E-state index contributed by atoms with van der Waals surface area (Å²) in [4.78, 5) is 10.2. The quantitative estimate of drug-likeness (QED) is 0.654. The summed E-state index contributed by atoms with van der Waals surface area (Å²) in [5, 5.41) is 23.0. The lowest BCUT2D eigenvalue weighted by molar-refractivity contribution is -0.384. The zero-order chi connectivity index (χ0) is 15.9. The van der Waals surface area contributed by atoms with E-state index in [0.29, 0.717) is 12.1 Å². The van der Waals surface area contributed by atoms with E-state index in [1.807, 2.05) is 24.3 Å². The smallest absolute Gasteiger partial charge is 0.269 e. The molecule has 6 nitrogen and oxygen atoms in total. The minimum absolute atomic E-state index is 0.00479. The van der Waals surface area contributed by atoms with Crippen molar-refractivity contribution in [2.45, 2.75) is 12.6 Å². The predicted octanol–water partition coefficient (Wildman–Crippen LogP) is 2.96. The van der Waals surface area contributed by atoms with Gasteiger partial charge in [-0.3, -0.25) is 15.4 Å². The molecule has 2 aromatic carbocycles. The van der Waals surface area contributed by atoms with E-state index >= 15 is 0 Å². The third-order valence-electron chi connectivity index (χ3n) is 3.26. The zero-order valence-corrected chi connectivity index (χ0v) is 12.0. The fourth-order valence-electron chi connectivity index (χ4n) is 2.09. The van der Waals surface area contributed by atoms with E-state index in [2.05, 4.69) is 11.4 Å². The Morgan fingerprint density at radius 2 is 1.95 bits per heavy atom. The number of methoxy groups -OCH3 is 1. The summed E-state index contributed by atoms with van der Waals surface area (Å²) in [5.41, 5.74) is 1.63. The van der Waals surface area contributed by atoms with Crippen molar-refractivity contribution in [3.05, 3.63) is 69.8 Å². The Hall–Kier alpha value is -2.91. The SMILES string of the molecule is COc1ccccc1CNC(C#N)c1ccc([N+](=O)[O-])cc1. The first-order chi connectivity index (χ1) is 10.7. The Morgan fingerprint density at radius 1 is 1.27 bits per heavy atom. The van der Waals surface area contributed by atoms with Crippen LogP contribution >= 0.6 is 0 Å². The van der Waals surface area contributed by atoms with Gasteiger partial charge in [0.2, 0.25) is 0 Å². The Balaban J connectivity index is 2.09. The molecule has 0 radical (unpaired) electrons. The lowest BCUT2D eigenvalue weighted by Gasteiger charge is -2.13. The summed E-state index contributed by atoms with van der Waals surface area (Å²) >= 11 is 0. The molecule has 0 aromatic heterocycles. The monoisotopic (exact) mass is 297 g/mol. The summed E-state index contributed by atoms with van der Waals surface area (Å²) in [5.74, 6) is 0.746. The van der Waals surface area contributed by atoms with Crippen molar-refractivity contribution in [3.63, 3.8) is 0 Å². The third kappa shape index (κ3) is 3.59. The summed E-state index contributed by atoms with van der Waals surface area (Å²) < 4.78 is 5.26. The molecule has 0 heterocycles. The first kappa shape index (κ1) is 15.5. The van der Waals surface area contributed by atoms with Crippen molar-refractivity contribution in [3.8, 4) is 11.8 Å². The molecule has 0 aliphatic carbocycles.